The van der Waals surface area contributed by atoms with Crippen LogP contribution in [0.1, 0.15) is 37.0 Å². The molecule has 6 heteroatoms. The van der Waals surface area contributed by atoms with E-state index in [-0.39, 0.29) is 5.97 Å². The maximum atomic E-state index is 12.3. The Bertz CT molecular complexity index is 1090. The number of aromatic nitrogens is 2. The molecule has 3 aromatic rings. The van der Waals surface area contributed by atoms with Crippen LogP contribution in [0.25, 0.3) is 16.7 Å². The van der Waals surface area contributed by atoms with Gasteiger partial charge in [0.15, 0.2) is 6.10 Å². The maximum absolute atomic E-state index is 12.3. The van der Waals surface area contributed by atoms with Crippen molar-refractivity contribution in [1.82, 2.24) is 9.97 Å². The quantitative estimate of drug-likeness (QED) is 0.257. The number of fused-ring (bicyclic) bond motifs is 3. The van der Waals surface area contributed by atoms with Gasteiger partial charge in [-0.3, -0.25) is 9.97 Å². The largest absolute Gasteiger partial charge is 0.493 e. The van der Waals surface area contributed by atoms with Crippen molar-refractivity contribution in [3.05, 3.63) is 84.0 Å². The van der Waals surface area contributed by atoms with Crippen LogP contribution in [-0.4, -0.2) is 41.9 Å². The number of hydrogen-bond acceptors (Lipinski definition) is 6. The molecule has 0 saturated heterocycles. The van der Waals surface area contributed by atoms with Crippen LogP contribution in [-0.2, 0) is 20.7 Å². The maximum Gasteiger partial charge on any atom is 0.335 e. The van der Waals surface area contributed by atoms with Crippen LogP contribution in [0.4, 0.5) is 0 Å². The molecule has 1 atom stereocenters. The average molecular weight is 445 g/mol. The molecular formula is C27H28N2O4. The molecule has 0 aliphatic heterocycles. The van der Waals surface area contributed by atoms with Crippen molar-refractivity contribution in [1.29, 1.82) is 0 Å². The fraction of sp³-hybridized carbons (Fsp3) is 0.296. The number of pyridine rings is 2. The van der Waals surface area contributed by atoms with Crippen LogP contribution in [0.5, 0.6) is 5.75 Å². The van der Waals surface area contributed by atoms with Gasteiger partial charge < -0.3 is 14.2 Å². The van der Waals surface area contributed by atoms with E-state index in [1.54, 1.807) is 6.92 Å². The smallest absolute Gasteiger partial charge is 0.335 e. The fourth-order valence-corrected chi connectivity index (χ4v) is 4.08. The van der Waals surface area contributed by atoms with Crippen molar-refractivity contribution in [2.24, 2.45) is 0 Å². The first-order chi connectivity index (χ1) is 16.2. The van der Waals surface area contributed by atoms with Gasteiger partial charge in [-0.2, -0.15) is 0 Å². The normalized spacial score (nSPS) is 12.6. The van der Waals surface area contributed by atoms with Gasteiger partial charge in [-0.05, 0) is 54.3 Å². The summed E-state index contributed by atoms with van der Waals surface area (Å²) in [6, 6.07) is 11.8. The average Bonchev–Trinajstić information content (AvgIpc) is 3.16. The van der Waals surface area contributed by atoms with Crippen LogP contribution >= 0.6 is 0 Å². The van der Waals surface area contributed by atoms with Crippen molar-refractivity contribution in [3.8, 4) is 16.9 Å². The van der Waals surface area contributed by atoms with Crippen molar-refractivity contribution < 1.29 is 19.0 Å². The first-order valence-electron chi connectivity index (χ1n) is 11.3. The molecule has 0 radical (unpaired) electrons. The Labute approximate surface area is 194 Å². The third-order valence-electron chi connectivity index (χ3n) is 5.53. The molecule has 0 spiro atoms. The van der Waals surface area contributed by atoms with Crippen molar-refractivity contribution >= 4 is 11.5 Å². The first-order valence-corrected chi connectivity index (χ1v) is 11.3. The second-order valence-corrected chi connectivity index (χ2v) is 7.61. The summed E-state index contributed by atoms with van der Waals surface area (Å²) in [5.41, 5.74) is 6.66. The molecule has 0 bridgehead atoms. The number of benzene rings is 1. The molecule has 0 amide bonds. The van der Waals surface area contributed by atoms with Crippen LogP contribution in [0.2, 0.25) is 0 Å². The standard InChI is InChI=1S/C27H28N2O4/c1-3-31-26(27(30)32-4-2)16-19-8-5-6-10-25(19)33-15-7-9-20-23-17-28-13-11-21(23)22-12-14-29-18-24(20)22/h5-6,8-14,17-18,26H,3-4,7,15-16H2,1-2H3. The third-order valence-corrected chi connectivity index (χ3v) is 5.53. The Hall–Kier alpha value is -3.51. The van der Waals surface area contributed by atoms with Crippen molar-refractivity contribution in [2.75, 3.05) is 19.8 Å². The zero-order chi connectivity index (χ0) is 23.0. The topological polar surface area (TPSA) is 70.5 Å². The minimum atomic E-state index is -0.645. The summed E-state index contributed by atoms with van der Waals surface area (Å²) >= 11 is 0. The number of esters is 1. The van der Waals surface area contributed by atoms with Crippen LogP contribution < -0.4 is 4.74 Å². The molecule has 1 aromatic carbocycles. The first kappa shape index (κ1) is 22.7. The lowest BCUT2D eigenvalue weighted by Crippen LogP contribution is -2.29. The zero-order valence-electron chi connectivity index (χ0n) is 19.0. The van der Waals surface area contributed by atoms with E-state index in [1.165, 1.54) is 11.1 Å². The number of carbonyl (C=O) groups is 1. The summed E-state index contributed by atoms with van der Waals surface area (Å²) in [5, 5.41) is 0. The molecule has 0 fully saturated rings. The number of hydrogen-bond donors (Lipinski definition) is 0. The Kier molecular flexibility index (Phi) is 7.47. The fourth-order valence-electron chi connectivity index (χ4n) is 4.08. The molecule has 33 heavy (non-hydrogen) atoms. The van der Waals surface area contributed by atoms with Crippen LogP contribution in [0.3, 0.4) is 0 Å². The number of ether oxygens (including phenoxy) is 3. The molecule has 4 rings (SSSR count). The number of rotatable bonds is 10. The Morgan fingerprint density at radius 3 is 2.30 bits per heavy atom. The lowest BCUT2D eigenvalue weighted by molar-refractivity contribution is -0.156. The summed E-state index contributed by atoms with van der Waals surface area (Å²) in [4.78, 5) is 20.9. The summed E-state index contributed by atoms with van der Waals surface area (Å²) in [6.07, 6.45) is 10.1. The second-order valence-electron chi connectivity index (χ2n) is 7.61. The summed E-state index contributed by atoms with van der Waals surface area (Å²) in [7, 11) is 0. The highest BCUT2D eigenvalue weighted by Gasteiger charge is 2.24. The van der Waals surface area contributed by atoms with Gasteiger partial charge in [0.2, 0.25) is 0 Å². The molecule has 0 N–H and O–H groups in total. The number of para-hydroxylation sites is 1. The van der Waals surface area contributed by atoms with Gasteiger partial charge in [0.25, 0.3) is 0 Å². The summed E-state index contributed by atoms with van der Waals surface area (Å²) < 4.78 is 16.9. The monoisotopic (exact) mass is 444 g/mol. The van der Waals surface area contributed by atoms with E-state index in [9.17, 15) is 4.79 Å². The van der Waals surface area contributed by atoms with E-state index >= 15 is 0 Å². The lowest BCUT2D eigenvalue weighted by Gasteiger charge is -2.17. The molecule has 1 aliphatic rings. The number of nitrogens with zero attached hydrogens (tertiary/aromatic N) is 2. The molecule has 1 unspecified atom stereocenters. The van der Waals surface area contributed by atoms with Gasteiger partial charge in [0.05, 0.1) is 13.2 Å². The van der Waals surface area contributed by atoms with Gasteiger partial charge in [-0.1, -0.05) is 24.3 Å². The lowest BCUT2D eigenvalue weighted by atomic mass is 10.1. The van der Waals surface area contributed by atoms with Gasteiger partial charge in [0.1, 0.15) is 5.75 Å². The van der Waals surface area contributed by atoms with E-state index in [4.69, 9.17) is 14.2 Å². The molecule has 6 nitrogen and oxygen atoms in total. The molecule has 2 heterocycles. The minimum Gasteiger partial charge on any atom is -0.493 e. The van der Waals surface area contributed by atoms with Crippen LogP contribution in [0.15, 0.2) is 67.3 Å². The van der Waals surface area contributed by atoms with Crippen molar-refractivity contribution in [3.63, 3.8) is 0 Å². The molecule has 0 saturated carbocycles. The summed E-state index contributed by atoms with van der Waals surface area (Å²) in [6.45, 7) is 4.93. The SMILES string of the molecule is CCOC(=O)C(Cc1ccccc1OCCC=C1c2cnccc2-c2ccncc21)OCC. The zero-order valence-corrected chi connectivity index (χ0v) is 19.0. The van der Waals surface area contributed by atoms with Gasteiger partial charge in [-0.25, -0.2) is 4.79 Å². The Morgan fingerprint density at radius 2 is 1.64 bits per heavy atom. The van der Waals surface area contributed by atoms with E-state index in [0.29, 0.717) is 26.2 Å². The molecule has 1 aliphatic carbocycles. The van der Waals surface area contributed by atoms with E-state index in [1.807, 2.05) is 68.1 Å². The summed E-state index contributed by atoms with van der Waals surface area (Å²) in [5.74, 6) is 0.403. The van der Waals surface area contributed by atoms with E-state index < -0.39 is 6.10 Å². The van der Waals surface area contributed by atoms with Gasteiger partial charge in [-0.15, -0.1) is 0 Å². The number of carbonyl (C=O) groups excluding carboxylic acids is 1. The Morgan fingerprint density at radius 1 is 0.939 bits per heavy atom. The van der Waals surface area contributed by atoms with Gasteiger partial charge in [0, 0.05) is 55.4 Å². The predicted octanol–water partition coefficient (Wildman–Crippen LogP) is 4.87. The highest BCUT2D eigenvalue weighted by molar-refractivity contribution is 6.00. The molecule has 170 valence electrons. The highest BCUT2D eigenvalue weighted by atomic mass is 16.6. The van der Waals surface area contributed by atoms with Gasteiger partial charge >= 0.3 is 5.97 Å². The third kappa shape index (κ3) is 5.12. The Balaban J connectivity index is 1.45. The minimum absolute atomic E-state index is 0.326. The highest BCUT2D eigenvalue weighted by Crippen LogP contribution is 2.43. The van der Waals surface area contributed by atoms with Crippen molar-refractivity contribution in [2.45, 2.75) is 32.8 Å². The second kappa shape index (κ2) is 10.9. The van der Waals surface area contributed by atoms with E-state index in [2.05, 4.69) is 16.0 Å². The van der Waals surface area contributed by atoms with Crippen LogP contribution in [0, 0.1) is 0 Å². The molecular weight excluding hydrogens is 416 g/mol. The van der Waals surface area contributed by atoms with E-state index in [0.717, 1.165) is 34.4 Å². The predicted molar refractivity (Wildman–Crippen MR) is 127 cm³/mol. The molecule has 2 aromatic heterocycles.